The Hall–Kier alpha value is -0.860. The summed E-state index contributed by atoms with van der Waals surface area (Å²) in [6.07, 6.45) is 1.90. The molecule has 0 aliphatic heterocycles. The van der Waals surface area contributed by atoms with E-state index >= 15 is 0 Å². The number of rotatable bonds is 7. The van der Waals surface area contributed by atoms with Crippen molar-refractivity contribution in [2.75, 3.05) is 13.2 Å². The van der Waals surface area contributed by atoms with Gasteiger partial charge in [-0.3, -0.25) is 0 Å². The Balaban J connectivity index is 2.45. The summed E-state index contributed by atoms with van der Waals surface area (Å²) >= 11 is 0. The first-order chi connectivity index (χ1) is 8.06. The van der Waals surface area contributed by atoms with E-state index < -0.39 is 0 Å². The van der Waals surface area contributed by atoms with Crippen LogP contribution in [0, 0.1) is 0 Å². The molecule has 1 rings (SSSR count). The lowest BCUT2D eigenvalue weighted by Gasteiger charge is -2.28. The van der Waals surface area contributed by atoms with Crippen LogP contribution in [0.1, 0.15) is 39.2 Å². The summed E-state index contributed by atoms with van der Waals surface area (Å²) in [6, 6.07) is 11.1. The summed E-state index contributed by atoms with van der Waals surface area (Å²) in [4.78, 5) is 0. The molecule has 2 N–H and O–H groups in total. The summed E-state index contributed by atoms with van der Waals surface area (Å²) in [5.41, 5.74) is 1.51. The molecule has 0 aliphatic carbocycles. The van der Waals surface area contributed by atoms with Crippen molar-refractivity contribution in [3.63, 3.8) is 0 Å². The minimum atomic E-state index is 0.148. The SMILES string of the molecule is CC(CCCO)NCC(C)(C)c1ccccc1. The van der Waals surface area contributed by atoms with Crippen molar-refractivity contribution < 1.29 is 5.11 Å². The van der Waals surface area contributed by atoms with Crippen LogP contribution in [0.25, 0.3) is 0 Å². The minimum absolute atomic E-state index is 0.148. The highest BCUT2D eigenvalue weighted by molar-refractivity contribution is 5.23. The third kappa shape index (κ3) is 4.88. The molecule has 1 unspecified atom stereocenters. The van der Waals surface area contributed by atoms with Gasteiger partial charge in [0.1, 0.15) is 0 Å². The quantitative estimate of drug-likeness (QED) is 0.761. The van der Waals surface area contributed by atoms with Gasteiger partial charge in [-0.25, -0.2) is 0 Å². The van der Waals surface area contributed by atoms with Crippen LogP contribution in [-0.2, 0) is 5.41 Å². The van der Waals surface area contributed by atoms with Crippen LogP contribution < -0.4 is 5.32 Å². The minimum Gasteiger partial charge on any atom is -0.396 e. The first kappa shape index (κ1) is 14.2. The molecule has 1 aromatic carbocycles. The lowest BCUT2D eigenvalue weighted by atomic mass is 9.84. The van der Waals surface area contributed by atoms with Gasteiger partial charge in [-0.2, -0.15) is 0 Å². The van der Waals surface area contributed by atoms with Crippen molar-refractivity contribution in [2.45, 2.75) is 45.1 Å². The van der Waals surface area contributed by atoms with E-state index in [0.29, 0.717) is 6.04 Å². The topological polar surface area (TPSA) is 32.3 Å². The molecule has 0 amide bonds. The van der Waals surface area contributed by atoms with Crippen molar-refractivity contribution in [1.29, 1.82) is 0 Å². The molecule has 0 heterocycles. The van der Waals surface area contributed by atoms with E-state index in [0.717, 1.165) is 19.4 Å². The van der Waals surface area contributed by atoms with Crippen LogP contribution in [0.3, 0.4) is 0 Å². The van der Waals surface area contributed by atoms with Crippen LogP contribution in [0.2, 0.25) is 0 Å². The van der Waals surface area contributed by atoms with Crippen LogP contribution in [0.15, 0.2) is 30.3 Å². The Labute approximate surface area is 105 Å². The zero-order valence-electron chi connectivity index (χ0n) is 11.2. The normalized spacial score (nSPS) is 13.6. The Kier molecular flexibility index (Phi) is 5.66. The second-order valence-electron chi connectivity index (χ2n) is 5.40. The van der Waals surface area contributed by atoms with Crippen molar-refractivity contribution >= 4 is 0 Å². The Bertz CT molecular complexity index is 308. The highest BCUT2D eigenvalue weighted by atomic mass is 16.2. The lowest BCUT2D eigenvalue weighted by molar-refractivity contribution is 0.274. The lowest BCUT2D eigenvalue weighted by Crippen LogP contribution is -2.38. The van der Waals surface area contributed by atoms with Gasteiger partial charge in [0.15, 0.2) is 0 Å². The predicted molar refractivity (Wildman–Crippen MR) is 73.3 cm³/mol. The standard InChI is InChI=1S/C15H25NO/c1-13(8-7-11-17)16-12-15(2,3)14-9-5-4-6-10-14/h4-6,9-10,13,16-17H,7-8,11-12H2,1-3H3. The zero-order valence-corrected chi connectivity index (χ0v) is 11.2. The summed E-state index contributed by atoms with van der Waals surface area (Å²) in [5, 5.41) is 12.3. The summed E-state index contributed by atoms with van der Waals surface area (Å²) in [7, 11) is 0. The van der Waals surface area contributed by atoms with E-state index in [1.54, 1.807) is 0 Å². The smallest absolute Gasteiger partial charge is 0.0431 e. The zero-order chi connectivity index (χ0) is 12.7. The van der Waals surface area contributed by atoms with Crippen molar-refractivity contribution in [3.05, 3.63) is 35.9 Å². The molecule has 1 aromatic rings. The second-order valence-corrected chi connectivity index (χ2v) is 5.40. The molecule has 0 spiro atoms. The molecule has 96 valence electrons. The van der Waals surface area contributed by atoms with Crippen LogP contribution in [0.5, 0.6) is 0 Å². The van der Waals surface area contributed by atoms with Crippen molar-refractivity contribution in [2.24, 2.45) is 0 Å². The molecule has 0 saturated carbocycles. The maximum Gasteiger partial charge on any atom is 0.0431 e. The van der Waals surface area contributed by atoms with E-state index in [4.69, 9.17) is 5.11 Å². The monoisotopic (exact) mass is 235 g/mol. The fraction of sp³-hybridized carbons (Fsp3) is 0.600. The van der Waals surface area contributed by atoms with E-state index in [-0.39, 0.29) is 12.0 Å². The average Bonchev–Trinajstić information content (AvgIpc) is 2.35. The fourth-order valence-corrected chi connectivity index (χ4v) is 1.92. The van der Waals surface area contributed by atoms with Gasteiger partial charge in [-0.05, 0) is 25.3 Å². The average molecular weight is 235 g/mol. The molecule has 0 bridgehead atoms. The second kappa shape index (κ2) is 6.77. The number of hydrogen-bond donors (Lipinski definition) is 2. The first-order valence-corrected chi connectivity index (χ1v) is 6.46. The third-order valence-electron chi connectivity index (χ3n) is 3.24. The Morgan fingerprint density at radius 1 is 1.24 bits per heavy atom. The largest absolute Gasteiger partial charge is 0.396 e. The van der Waals surface area contributed by atoms with Gasteiger partial charge in [-0.1, -0.05) is 44.2 Å². The van der Waals surface area contributed by atoms with Gasteiger partial charge >= 0.3 is 0 Å². The molecule has 0 aromatic heterocycles. The Morgan fingerprint density at radius 2 is 1.88 bits per heavy atom. The maximum absolute atomic E-state index is 8.79. The van der Waals surface area contributed by atoms with Crippen molar-refractivity contribution in [3.8, 4) is 0 Å². The first-order valence-electron chi connectivity index (χ1n) is 6.46. The highest BCUT2D eigenvalue weighted by Crippen LogP contribution is 2.21. The molecule has 0 saturated heterocycles. The summed E-state index contributed by atoms with van der Waals surface area (Å²) < 4.78 is 0. The number of aliphatic hydroxyl groups is 1. The number of aliphatic hydroxyl groups excluding tert-OH is 1. The molecular weight excluding hydrogens is 210 g/mol. The Morgan fingerprint density at radius 3 is 2.47 bits per heavy atom. The van der Waals surface area contributed by atoms with Gasteiger partial charge in [-0.15, -0.1) is 0 Å². The van der Waals surface area contributed by atoms with Gasteiger partial charge < -0.3 is 10.4 Å². The van der Waals surface area contributed by atoms with Gasteiger partial charge in [0.05, 0.1) is 0 Å². The molecule has 0 aliphatic rings. The van der Waals surface area contributed by atoms with Gasteiger partial charge in [0.2, 0.25) is 0 Å². The molecule has 17 heavy (non-hydrogen) atoms. The predicted octanol–water partition coefficient (Wildman–Crippen LogP) is 2.71. The van der Waals surface area contributed by atoms with Crippen LogP contribution >= 0.6 is 0 Å². The summed E-state index contributed by atoms with van der Waals surface area (Å²) in [5.74, 6) is 0. The number of hydrogen-bond acceptors (Lipinski definition) is 2. The molecular formula is C15H25NO. The molecule has 0 radical (unpaired) electrons. The van der Waals surface area contributed by atoms with Gasteiger partial charge in [0, 0.05) is 24.6 Å². The van der Waals surface area contributed by atoms with Crippen LogP contribution in [-0.4, -0.2) is 24.3 Å². The van der Waals surface area contributed by atoms with Crippen molar-refractivity contribution in [1.82, 2.24) is 5.32 Å². The highest BCUT2D eigenvalue weighted by Gasteiger charge is 2.20. The molecule has 2 heteroatoms. The van der Waals surface area contributed by atoms with E-state index in [1.165, 1.54) is 5.56 Å². The maximum atomic E-state index is 8.79. The number of nitrogens with one attached hydrogen (secondary N) is 1. The third-order valence-corrected chi connectivity index (χ3v) is 3.24. The van der Waals surface area contributed by atoms with Gasteiger partial charge in [0.25, 0.3) is 0 Å². The van der Waals surface area contributed by atoms with Crippen LogP contribution in [0.4, 0.5) is 0 Å². The molecule has 0 fully saturated rings. The van der Waals surface area contributed by atoms with E-state index in [2.05, 4.69) is 56.4 Å². The van der Waals surface area contributed by atoms with E-state index in [9.17, 15) is 0 Å². The molecule has 2 nitrogen and oxygen atoms in total. The summed E-state index contributed by atoms with van der Waals surface area (Å²) in [6.45, 7) is 7.94. The fourth-order valence-electron chi connectivity index (χ4n) is 1.92. The molecule has 1 atom stereocenters. The van der Waals surface area contributed by atoms with E-state index in [1.807, 2.05) is 0 Å². The number of benzene rings is 1.